The molecule has 0 aliphatic rings. The van der Waals surface area contributed by atoms with Gasteiger partial charge in [-0.25, -0.2) is 0 Å². The van der Waals surface area contributed by atoms with Crippen molar-refractivity contribution in [1.29, 1.82) is 0 Å². The minimum atomic E-state index is -0.479. The minimum Gasteiger partial charge on any atom is -0.469 e. The molecule has 0 amide bonds. The number of carbonyl (C=O) groups excluding carboxylic acids is 2. The fraction of sp³-hybridized carbons (Fsp3) is 0.667. The van der Waals surface area contributed by atoms with Gasteiger partial charge >= 0.3 is 5.97 Å². The van der Waals surface area contributed by atoms with Crippen LogP contribution in [0, 0.1) is 0 Å². The molecule has 1 unspecified atom stereocenters. The second-order valence-electron chi connectivity index (χ2n) is 1.97. The molecule has 0 saturated heterocycles. The summed E-state index contributed by atoms with van der Waals surface area (Å²) < 4.78 is 8.67. The zero-order valence-corrected chi connectivity index (χ0v) is 6.28. The maximum atomic E-state index is 10.5. The predicted octanol–water partition coefficient (Wildman–Crippen LogP) is -0.950. The van der Waals surface area contributed by atoms with E-state index in [-0.39, 0.29) is 19.5 Å². The largest absolute Gasteiger partial charge is 0.469 e. The third-order valence-electron chi connectivity index (χ3n) is 1.03. The minimum absolute atomic E-state index is 0.0403. The molecule has 0 bridgehead atoms. The molecule has 0 rings (SSSR count). The molecule has 0 aliphatic heterocycles. The van der Waals surface area contributed by atoms with Crippen LogP contribution in [0.25, 0.3) is 0 Å². The molecule has 0 aromatic carbocycles. The van der Waals surface area contributed by atoms with Crippen LogP contribution in [0.1, 0.15) is 6.42 Å². The first-order chi connectivity index (χ1) is 5.20. The number of nitrogens with two attached hydrogens (primary N) is 1. The summed E-state index contributed by atoms with van der Waals surface area (Å²) in [7, 11) is 1.27. The van der Waals surface area contributed by atoms with Crippen LogP contribution in [-0.2, 0) is 19.1 Å². The first-order valence-corrected chi connectivity index (χ1v) is 3.08. The number of rotatable bonds is 5. The Kier molecular flexibility index (Phi) is 5.10. The highest BCUT2D eigenvalue weighted by atomic mass is 16.5. The van der Waals surface area contributed by atoms with Gasteiger partial charge < -0.3 is 15.2 Å². The quantitative estimate of drug-likeness (QED) is 0.415. The standard InChI is InChI=1S/C6H11NO4/c1-10-6(9)2-5(7)3-11-4-8/h4-5H,2-3,7H2,1H3. The van der Waals surface area contributed by atoms with E-state index >= 15 is 0 Å². The molecule has 0 spiro atoms. The number of hydrogen-bond acceptors (Lipinski definition) is 5. The van der Waals surface area contributed by atoms with Gasteiger partial charge in [0.25, 0.3) is 6.47 Å². The van der Waals surface area contributed by atoms with Crippen LogP contribution < -0.4 is 5.73 Å². The lowest BCUT2D eigenvalue weighted by Crippen LogP contribution is -2.29. The molecule has 11 heavy (non-hydrogen) atoms. The van der Waals surface area contributed by atoms with Crippen LogP contribution in [0.5, 0.6) is 0 Å². The van der Waals surface area contributed by atoms with Crippen LogP contribution in [-0.4, -0.2) is 32.2 Å². The summed E-state index contributed by atoms with van der Waals surface area (Å²) in [5, 5.41) is 0. The van der Waals surface area contributed by atoms with E-state index in [1.807, 2.05) is 0 Å². The van der Waals surface area contributed by atoms with Crippen molar-refractivity contribution in [2.75, 3.05) is 13.7 Å². The highest BCUT2D eigenvalue weighted by Crippen LogP contribution is 1.90. The van der Waals surface area contributed by atoms with Crippen LogP contribution >= 0.6 is 0 Å². The maximum Gasteiger partial charge on any atom is 0.307 e. The number of ether oxygens (including phenoxy) is 2. The zero-order chi connectivity index (χ0) is 8.69. The molecule has 5 heteroatoms. The summed E-state index contributed by atoms with van der Waals surface area (Å²) in [6.07, 6.45) is 0.0599. The van der Waals surface area contributed by atoms with Crippen molar-refractivity contribution in [3.8, 4) is 0 Å². The summed E-state index contributed by atoms with van der Waals surface area (Å²) in [6.45, 7) is 0.329. The Morgan fingerprint density at radius 2 is 2.36 bits per heavy atom. The van der Waals surface area contributed by atoms with Crippen molar-refractivity contribution in [3.63, 3.8) is 0 Å². The third kappa shape index (κ3) is 5.35. The lowest BCUT2D eigenvalue weighted by Gasteiger charge is -2.07. The first kappa shape index (κ1) is 9.90. The van der Waals surface area contributed by atoms with E-state index in [0.717, 1.165) is 0 Å². The van der Waals surface area contributed by atoms with E-state index < -0.39 is 12.0 Å². The predicted molar refractivity (Wildman–Crippen MR) is 36.6 cm³/mol. The molecule has 0 fully saturated rings. The van der Waals surface area contributed by atoms with Gasteiger partial charge in [0.05, 0.1) is 13.5 Å². The zero-order valence-electron chi connectivity index (χ0n) is 6.28. The number of methoxy groups -OCH3 is 1. The normalized spacial score (nSPS) is 11.8. The van der Waals surface area contributed by atoms with Gasteiger partial charge in [-0.05, 0) is 0 Å². The number of carbonyl (C=O) groups is 2. The average Bonchev–Trinajstić information content (AvgIpc) is 2.00. The molecule has 0 radical (unpaired) electrons. The van der Waals surface area contributed by atoms with Crippen molar-refractivity contribution in [2.24, 2.45) is 5.73 Å². The summed E-state index contributed by atoms with van der Waals surface area (Å²) in [6, 6.07) is -0.479. The molecular weight excluding hydrogens is 150 g/mol. The van der Waals surface area contributed by atoms with E-state index in [1.54, 1.807) is 0 Å². The molecule has 1 atom stereocenters. The third-order valence-corrected chi connectivity index (χ3v) is 1.03. The smallest absolute Gasteiger partial charge is 0.307 e. The Bertz CT molecular complexity index is 137. The van der Waals surface area contributed by atoms with Gasteiger partial charge in [0.2, 0.25) is 0 Å². The van der Waals surface area contributed by atoms with Gasteiger partial charge in [0.15, 0.2) is 0 Å². The highest BCUT2D eigenvalue weighted by Gasteiger charge is 2.08. The lowest BCUT2D eigenvalue weighted by molar-refractivity contribution is -0.142. The van der Waals surface area contributed by atoms with E-state index in [1.165, 1.54) is 7.11 Å². The molecule has 0 heterocycles. The van der Waals surface area contributed by atoms with Crippen molar-refractivity contribution >= 4 is 12.4 Å². The van der Waals surface area contributed by atoms with Gasteiger partial charge in [0.1, 0.15) is 6.61 Å². The summed E-state index contributed by atoms with van der Waals surface area (Å²) in [5.41, 5.74) is 5.35. The number of hydrogen-bond donors (Lipinski definition) is 1. The van der Waals surface area contributed by atoms with E-state index in [4.69, 9.17) is 5.73 Å². The Labute approximate surface area is 64.5 Å². The molecule has 0 aromatic heterocycles. The first-order valence-electron chi connectivity index (χ1n) is 3.08. The van der Waals surface area contributed by atoms with Crippen molar-refractivity contribution < 1.29 is 19.1 Å². The summed E-state index contributed by atoms with van der Waals surface area (Å²) >= 11 is 0. The molecule has 0 aliphatic carbocycles. The topological polar surface area (TPSA) is 78.6 Å². The fourth-order valence-electron chi connectivity index (χ4n) is 0.519. The summed E-state index contributed by atoms with van der Waals surface area (Å²) in [4.78, 5) is 20.2. The Balaban J connectivity index is 3.42. The van der Waals surface area contributed by atoms with E-state index in [9.17, 15) is 9.59 Å². The van der Waals surface area contributed by atoms with E-state index in [2.05, 4.69) is 9.47 Å². The molecule has 0 aromatic rings. The van der Waals surface area contributed by atoms with Crippen LogP contribution in [0.4, 0.5) is 0 Å². The molecule has 0 saturated carbocycles. The van der Waals surface area contributed by atoms with Gasteiger partial charge in [-0.3, -0.25) is 9.59 Å². The van der Waals surface area contributed by atoms with Crippen molar-refractivity contribution in [1.82, 2.24) is 0 Å². The monoisotopic (exact) mass is 161 g/mol. The van der Waals surface area contributed by atoms with Crippen LogP contribution in [0.3, 0.4) is 0 Å². The SMILES string of the molecule is COC(=O)CC(N)COC=O. The van der Waals surface area contributed by atoms with Gasteiger partial charge in [0, 0.05) is 6.04 Å². The maximum absolute atomic E-state index is 10.5. The second-order valence-corrected chi connectivity index (χ2v) is 1.97. The van der Waals surface area contributed by atoms with Gasteiger partial charge in [-0.2, -0.15) is 0 Å². The molecule has 64 valence electrons. The molecule has 5 nitrogen and oxygen atoms in total. The second kappa shape index (κ2) is 5.67. The van der Waals surface area contributed by atoms with Gasteiger partial charge in [-0.1, -0.05) is 0 Å². The lowest BCUT2D eigenvalue weighted by atomic mass is 10.2. The number of esters is 1. The Hall–Kier alpha value is -1.10. The van der Waals surface area contributed by atoms with E-state index in [0.29, 0.717) is 0 Å². The van der Waals surface area contributed by atoms with Crippen molar-refractivity contribution in [2.45, 2.75) is 12.5 Å². The Morgan fingerprint density at radius 1 is 1.73 bits per heavy atom. The average molecular weight is 161 g/mol. The van der Waals surface area contributed by atoms with Crippen LogP contribution in [0.2, 0.25) is 0 Å². The Morgan fingerprint density at radius 3 is 2.82 bits per heavy atom. The molecule has 2 N–H and O–H groups in total. The fourth-order valence-corrected chi connectivity index (χ4v) is 0.519. The van der Waals surface area contributed by atoms with Crippen LogP contribution in [0.15, 0.2) is 0 Å². The van der Waals surface area contributed by atoms with Crippen molar-refractivity contribution in [3.05, 3.63) is 0 Å². The molecular formula is C6H11NO4. The highest BCUT2D eigenvalue weighted by molar-refractivity contribution is 5.69. The summed E-state index contributed by atoms with van der Waals surface area (Å²) in [5.74, 6) is -0.410. The van der Waals surface area contributed by atoms with Gasteiger partial charge in [-0.15, -0.1) is 0 Å².